The molecule has 4 aromatic rings. The van der Waals surface area contributed by atoms with Crippen molar-refractivity contribution in [1.82, 2.24) is 14.9 Å². The third-order valence-electron chi connectivity index (χ3n) is 6.87. The predicted molar refractivity (Wildman–Crippen MR) is 143 cm³/mol. The van der Waals surface area contributed by atoms with Gasteiger partial charge in [0.25, 0.3) is 0 Å². The summed E-state index contributed by atoms with van der Waals surface area (Å²) in [6.07, 6.45) is 1.78. The molecular weight excluding hydrogens is 488 g/mol. The second-order valence-corrected chi connectivity index (χ2v) is 9.44. The van der Waals surface area contributed by atoms with Crippen LogP contribution in [0.15, 0.2) is 72.9 Å². The molecule has 2 atom stereocenters. The molecule has 1 fully saturated rings. The number of carboxylic acid groups (broad SMARTS) is 1. The van der Waals surface area contributed by atoms with Gasteiger partial charge in [-0.25, -0.2) is 4.79 Å². The summed E-state index contributed by atoms with van der Waals surface area (Å²) in [5.41, 5.74) is 5.81. The normalized spacial score (nSPS) is 18.2. The zero-order valence-corrected chi connectivity index (χ0v) is 21.0. The fourth-order valence-electron chi connectivity index (χ4n) is 5.25. The van der Waals surface area contributed by atoms with Gasteiger partial charge in [-0.15, -0.1) is 0 Å². The smallest absolute Gasteiger partial charge is 0.335 e. The summed E-state index contributed by atoms with van der Waals surface area (Å²) in [6, 6.07) is 20.3. The molecule has 1 saturated heterocycles. The number of benzene rings is 2. The molecule has 0 aliphatic carbocycles. The highest BCUT2D eigenvalue weighted by atomic mass is 32.1. The predicted octanol–water partition coefficient (Wildman–Crippen LogP) is 5.09. The number of carboxylic acids is 1. The molecule has 0 radical (unpaired) electrons. The maximum Gasteiger partial charge on any atom is 0.335 e. The van der Waals surface area contributed by atoms with Gasteiger partial charge < -0.3 is 29.4 Å². The fraction of sp³-hybridized carbons (Fsp3) is 0.179. The van der Waals surface area contributed by atoms with Crippen LogP contribution in [0, 0.1) is 13.8 Å². The van der Waals surface area contributed by atoms with Crippen molar-refractivity contribution in [2.24, 2.45) is 0 Å². The number of anilines is 1. The molecular formula is C28H24N4O4S. The van der Waals surface area contributed by atoms with Crippen LogP contribution in [0.2, 0.25) is 0 Å². The van der Waals surface area contributed by atoms with Crippen molar-refractivity contribution >= 4 is 29.0 Å². The lowest BCUT2D eigenvalue weighted by Crippen LogP contribution is -2.29. The first-order chi connectivity index (χ1) is 17.9. The Morgan fingerprint density at radius 1 is 1.03 bits per heavy atom. The Hall–Kier alpha value is -4.37. The van der Waals surface area contributed by atoms with E-state index in [9.17, 15) is 9.90 Å². The summed E-state index contributed by atoms with van der Waals surface area (Å²) in [7, 11) is 0. The van der Waals surface area contributed by atoms with E-state index >= 15 is 0 Å². The summed E-state index contributed by atoms with van der Waals surface area (Å²) < 4.78 is 13.2. The number of carbonyl (C=O) groups is 1. The second kappa shape index (κ2) is 8.94. The number of aromatic carboxylic acids is 1. The average molecular weight is 513 g/mol. The van der Waals surface area contributed by atoms with Crippen molar-refractivity contribution in [2.75, 3.05) is 11.7 Å². The van der Waals surface area contributed by atoms with Gasteiger partial charge in [-0.2, -0.15) is 0 Å². The van der Waals surface area contributed by atoms with Gasteiger partial charge in [-0.1, -0.05) is 12.1 Å². The van der Waals surface area contributed by atoms with Gasteiger partial charge in [0, 0.05) is 35.0 Å². The second-order valence-electron chi connectivity index (χ2n) is 9.05. The molecule has 37 heavy (non-hydrogen) atoms. The number of thiocarbonyl (C=S) groups is 1. The van der Waals surface area contributed by atoms with E-state index in [0.717, 1.165) is 34.0 Å². The molecule has 8 nitrogen and oxygen atoms in total. The van der Waals surface area contributed by atoms with Crippen LogP contribution in [-0.2, 0) is 0 Å². The Kier molecular flexibility index (Phi) is 5.57. The Labute approximate surface area is 219 Å². The zero-order chi connectivity index (χ0) is 25.7. The fourth-order valence-corrected chi connectivity index (χ4v) is 5.59. The Bertz CT molecular complexity index is 1530. The van der Waals surface area contributed by atoms with E-state index in [4.69, 9.17) is 21.7 Å². The van der Waals surface area contributed by atoms with E-state index in [1.807, 2.05) is 56.3 Å². The largest absolute Gasteiger partial charge is 0.478 e. The van der Waals surface area contributed by atoms with Crippen molar-refractivity contribution in [2.45, 2.75) is 25.9 Å². The first-order valence-corrected chi connectivity index (χ1v) is 12.3. The Morgan fingerprint density at radius 2 is 1.86 bits per heavy atom. The molecule has 186 valence electrons. The number of nitrogens with zero attached hydrogens (tertiary/aromatic N) is 3. The number of pyridine rings is 1. The molecule has 6 rings (SSSR count). The molecule has 0 saturated carbocycles. The SMILES string of the molecule is Cc1cc([C@@H]2[C@@H](c3ccccn3)NC(=S)N2c2ccc3c(c2)OCO3)c(C)n1-c1cccc(C(=O)O)c1. The van der Waals surface area contributed by atoms with Crippen LogP contribution in [0.1, 0.15) is 45.1 Å². The van der Waals surface area contributed by atoms with Gasteiger partial charge in [-0.05, 0) is 80.2 Å². The van der Waals surface area contributed by atoms with Crippen molar-refractivity contribution in [3.8, 4) is 17.2 Å². The van der Waals surface area contributed by atoms with Crippen LogP contribution in [0.3, 0.4) is 0 Å². The molecule has 2 aliphatic heterocycles. The van der Waals surface area contributed by atoms with Gasteiger partial charge in [0.05, 0.1) is 23.3 Å². The minimum absolute atomic E-state index is 0.192. The van der Waals surface area contributed by atoms with Gasteiger partial charge in [-0.3, -0.25) is 4.98 Å². The molecule has 2 aromatic heterocycles. The summed E-state index contributed by atoms with van der Waals surface area (Å²) in [4.78, 5) is 18.4. The van der Waals surface area contributed by atoms with Gasteiger partial charge >= 0.3 is 5.97 Å². The standard InChI is InChI=1S/C28H24N4O4S/c1-16-12-21(17(2)31(16)19-7-5-6-18(13-19)27(33)34)26-25(22-8-3-4-11-29-22)30-28(37)32(26)20-9-10-23-24(14-20)36-15-35-23/h3-14,25-26H,15H2,1-2H3,(H,30,37)(H,33,34)/t25-,26-/m1/s1. The molecule has 0 bridgehead atoms. The minimum Gasteiger partial charge on any atom is -0.478 e. The Morgan fingerprint density at radius 3 is 2.65 bits per heavy atom. The maximum atomic E-state index is 11.6. The lowest BCUT2D eigenvalue weighted by Gasteiger charge is -2.28. The van der Waals surface area contributed by atoms with Crippen LogP contribution in [0.25, 0.3) is 5.69 Å². The molecule has 2 aliphatic rings. The number of hydrogen-bond donors (Lipinski definition) is 2. The number of aryl methyl sites for hydroxylation is 1. The van der Waals surface area contributed by atoms with Crippen LogP contribution in [0.4, 0.5) is 5.69 Å². The molecule has 4 heterocycles. The van der Waals surface area contributed by atoms with Crippen molar-refractivity contribution in [3.63, 3.8) is 0 Å². The van der Waals surface area contributed by atoms with E-state index < -0.39 is 5.97 Å². The first kappa shape index (κ1) is 23.1. The number of rotatable bonds is 5. The first-order valence-electron chi connectivity index (χ1n) is 11.9. The number of aromatic nitrogens is 2. The number of nitrogens with one attached hydrogen (secondary N) is 1. The third kappa shape index (κ3) is 3.88. The monoisotopic (exact) mass is 512 g/mol. The van der Waals surface area contributed by atoms with E-state index in [1.54, 1.807) is 24.4 Å². The molecule has 0 unspecified atom stereocenters. The Balaban J connectivity index is 1.51. The summed E-state index contributed by atoms with van der Waals surface area (Å²) in [6.45, 7) is 4.26. The van der Waals surface area contributed by atoms with Crippen molar-refractivity contribution in [3.05, 3.63) is 101 Å². The van der Waals surface area contributed by atoms with E-state index in [1.165, 1.54) is 0 Å². The lowest BCUT2D eigenvalue weighted by molar-refractivity contribution is 0.0697. The topological polar surface area (TPSA) is 88.9 Å². The summed E-state index contributed by atoms with van der Waals surface area (Å²) >= 11 is 5.87. The maximum absolute atomic E-state index is 11.6. The van der Waals surface area contributed by atoms with Crippen LogP contribution >= 0.6 is 12.2 Å². The van der Waals surface area contributed by atoms with Crippen LogP contribution < -0.4 is 19.7 Å². The molecule has 2 aromatic carbocycles. The van der Waals surface area contributed by atoms with Gasteiger partial charge in [0.1, 0.15) is 0 Å². The molecule has 0 spiro atoms. The summed E-state index contributed by atoms with van der Waals surface area (Å²) in [5, 5.41) is 13.6. The van der Waals surface area contributed by atoms with Crippen molar-refractivity contribution in [1.29, 1.82) is 0 Å². The van der Waals surface area contributed by atoms with Crippen LogP contribution in [-0.4, -0.2) is 32.5 Å². The van der Waals surface area contributed by atoms with Crippen molar-refractivity contribution < 1.29 is 19.4 Å². The molecule has 9 heteroatoms. The van der Waals surface area contributed by atoms with E-state index in [2.05, 4.69) is 25.8 Å². The lowest BCUT2D eigenvalue weighted by atomic mass is 9.96. The highest BCUT2D eigenvalue weighted by Gasteiger charge is 2.42. The number of ether oxygens (including phenoxy) is 2. The van der Waals surface area contributed by atoms with Gasteiger partial charge in [0.15, 0.2) is 16.6 Å². The number of hydrogen-bond acceptors (Lipinski definition) is 5. The van der Waals surface area contributed by atoms with E-state index in [-0.39, 0.29) is 24.4 Å². The minimum atomic E-state index is -0.959. The van der Waals surface area contributed by atoms with Gasteiger partial charge in [0.2, 0.25) is 6.79 Å². The quantitative estimate of drug-likeness (QED) is 0.358. The average Bonchev–Trinajstić information content (AvgIpc) is 3.59. The molecule has 0 amide bonds. The van der Waals surface area contributed by atoms with E-state index in [0.29, 0.717) is 16.6 Å². The summed E-state index contributed by atoms with van der Waals surface area (Å²) in [5.74, 6) is 0.423. The molecule has 2 N–H and O–H groups in total. The van der Waals surface area contributed by atoms with Crippen LogP contribution in [0.5, 0.6) is 11.5 Å². The number of fused-ring (bicyclic) bond motifs is 1. The highest BCUT2D eigenvalue weighted by Crippen LogP contribution is 2.46. The third-order valence-corrected chi connectivity index (χ3v) is 7.19. The highest BCUT2D eigenvalue weighted by molar-refractivity contribution is 7.80. The zero-order valence-electron chi connectivity index (χ0n) is 20.2.